The molecule has 1 aromatic rings. The van der Waals surface area contributed by atoms with E-state index in [4.69, 9.17) is 5.73 Å². The van der Waals surface area contributed by atoms with Crippen LogP contribution in [-0.4, -0.2) is 29.4 Å². The largest absolute Gasteiger partial charge is 0.347 e. The number of nitrogens with zero attached hydrogens (tertiary/aromatic N) is 1. The predicted molar refractivity (Wildman–Crippen MR) is 90.7 cm³/mol. The van der Waals surface area contributed by atoms with Gasteiger partial charge in [-0.2, -0.15) is 0 Å². The molecule has 9 heteroatoms. The molecule has 4 N–H and O–H groups in total. The molecule has 0 aromatic carbocycles. The van der Waals surface area contributed by atoms with Crippen LogP contribution in [0.1, 0.15) is 37.7 Å². The molecule has 122 valence electrons. The van der Waals surface area contributed by atoms with E-state index in [1.807, 2.05) is 0 Å². The summed E-state index contributed by atoms with van der Waals surface area (Å²) in [4.78, 5) is 26.9. The van der Waals surface area contributed by atoms with Gasteiger partial charge in [0.15, 0.2) is 5.13 Å². The molecule has 2 amide bonds. The van der Waals surface area contributed by atoms with Crippen molar-refractivity contribution in [2.24, 2.45) is 11.7 Å². The number of hydrogen-bond acceptors (Lipinski definition) is 5. The monoisotopic (exact) mass is 356 g/mol. The molecule has 21 heavy (non-hydrogen) atoms. The number of anilines is 1. The lowest BCUT2D eigenvalue weighted by Crippen LogP contribution is -2.41. The van der Waals surface area contributed by atoms with Crippen LogP contribution in [0.2, 0.25) is 0 Å². The summed E-state index contributed by atoms with van der Waals surface area (Å²) < 4.78 is 0. The summed E-state index contributed by atoms with van der Waals surface area (Å²) in [6.07, 6.45) is 0.824. The van der Waals surface area contributed by atoms with Crippen molar-refractivity contribution in [3.05, 3.63) is 11.1 Å². The van der Waals surface area contributed by atoms with E-state index in [1.165, 1.54) is 18.3 Å². The Morgan fingerprint density at radius 2 is 2.00 bits per heavy atom. The highest BCUT2D eigenvalue weighted by Gasteiger charge is 2.16. The SMILES string of the molecule is CC(=O)Nc1nc(C(=O)NC(CN)CC(C)C)cs1.Cl.Cl. The van der Waals surface area contributed by atoms with Gasteiger partial charge in [0.1, 0.15) is 5.69 Å². The van der Waals surface area contributed by atoms with Gasteiger partial charge in [-0.3, -0.25) is 9.59 Å². The molecule has 0 aliphatic heterocycles. The lowest BCUT2D eigenvalue weighted by molar-refractivity contribution is -0.114. The van der Waals surface area contributed by atoms with E-state index in [0.717, 1.165) is 6.42 Å². The third-order valence-electron chi connectivity index (χ3n) is 2.40. The summed E-state index contributed by atoms with van der Waals surface area (Å²) >= 11 is 1.22. The van der Waals surface area contributed by atoms with E-state index in [2.05, 4.69) is 29.5 Å². The average Bonchev–Trinajstić information content (AvgIpc) is 2.75. The lowest BCUT2D eigenvalue weighted by Gasteiger charge is -2.18. The summed E-state index contributed by atoms with van der Waals surface area (Å²) in [6, 6.07) is -0.0570. The molecule has 1 heterocycles. The van der Waals surface area contributed by atoms with E-state index in [9.17, 15) is 9.59 Å². The number of carbonyl (C=O) groups excluding carboxylic acids is 2. The molecule has 0 bridgehead atoms. The summed E-state index contributed by atoms with van der Waals surface area (Å²) in [5.74, 6) is -0.0101. The first kappa shape index (κ1) is 22.4. The highest BCUT2D eigenvalue weighted by molar-refractivity contribution is 7.14. The van der Waals surface area contributed by atoms with Crippen LogP contribution in [0.4, 0.5) is 5.13 Å². The Balaban J connectivity index is 0. The number of amides is 2. The van der Waals surface area contributed by atoms with Crippen LogP contribution in [0.3, 0.4) is 0 Å². The van der Waals surface area contributed by atoms with Gasteiger partial charge < -0.3 is 16.4 Å². The second kappa shape index (κ2) is 10.8. The van der Waals surface area contributed by atoms with Gasteiger partial charge >= 0.3 is 0 Å². The fraction of sp³-hybridized carbons (Fsp3) is 0.583. The molecule has 0 aliphatic carbocycles. The molecule has 1 aromatic heterocycles. The number of hydrogen-bond donors (Lipinski definition) is 3. The summed E-state index contributed by atoms with van der Waals surface area (Å²) in [5.41, 5.74) is 5.93. The second-order valence-electron chi connectivity index (χ2n) is 4.75. The fourth-order valence-electron chi connectivity index (χ4n) is 1.63. The van der Waals surface area contributed by atoms with Crippen LogP contribution in [-0.2, 0) is 4.79 Å². The van der Waals surface area contributed by atoms with Crippen molar-refractivity contribution in [2.45, 2.75) is 33.2 Å². The molecule has 0 fully saturated rings. The number of nitrogens with one attached hydrogen (secondary N) is 2. The highest BCUT2D eigenvalue weighted by Crippen LogP contribution is 2.15. The summed E-state index contributed by atoms with van der Waals surface area (Å²) in [7, 11) is 0. The Kier molecular flexibility index (Phi) is 11.5. The molecule has 1 unspecified atom stereocenters. The predicted octanol–water partition coefficient (Wildman–Crippen LogP) is 2.05. The number of carbonyl (C=O) groups is 2. The smallest absolute Gasteiger partial charge is 0.271 e. The molecular formula is C12H22Cl2N4O2S. The minimum atomic E-state index is -0.260. The number of thiazole rings is 1. The Morgan fingerprint density at radius 1 is 1.38 bits per heavy atom. The number of halogens is 2. The lowest BCUT2D eigenvalue weighted by atomic mass is 10.0. The van der Waals surface area contributed by atoms with Crippen molar-refractivity contribution in [2.75, 3.05) is 11.9 Å². The molecule has 0 spiro atoms. The van der Waals surface area contributed by atoms with Crippen LogP contribution in [0.5, 0.6) is 0 Å². The first-order valence-corrected chi connectivity index (χ1v) is 7.04. The van der Waals surface area contributed by atoms with Crippen molar-refractivity contribution in [3.63, 3.8) is 0 Å². The van der Waals surface area contributed by atoms with Crippen molar-refractivity contribution in [1.29, 1.82) is 0 Å². The topological polar surface area (TPSA) is 97.1 Å². The third kappa shape index (κ3) is 8.21. The number of rotatable bonds is 6. The van der Waals surface area contributed by atoms with Crippen LogP contribution in [0.15, 0.2) is 5.38 Å². The molecular weight excluding hydrogens is 335 g/mol. The van der Waals surface area contributed by atoms with E-state index in [-0.39, 0.29) is 42.7 Å². The highest BCUT2D eigenvalue weighted by atomic mass is 35.5. The van der Waals surface area contributed by atoms with Gasteiger partial charge in [-0.25, -0.2) is 4.98 Å². The zero-order valence-electron chi connectivity index (χ0n) is 12.2. The van der Waals surface area contributed by atoms with E-state index < -0.39 is 0 Å². The molecule has 0 saturated heterocycles. The quantitative estimate of drug-likeness (QED) is 0.726. The maximum Gasteiger partial charge on any atom is 0.271 e. The zero-order chi connectivity index (χ0) is 14.4. The molecule has 1 atom stereocenters. The number of aromatic nitrogens is 1. The first-order chi connectivity index (χ1) is 8.92. The maximum atomic E-state index is 12.0. The van der Waals surface area contributed by atoms with Gasteiger partial charge in [-0.1, -0.05) is 13.8 Å². The summed E-state index contributed by atoms with van der Waals surface area (Å²) in [6.45, 7) is 5.94. The normalized spacial score (nSPS) is 11.1. The third-order valence-corrected chi connectivity index (χ3v) is 3.15. The van der Waals surface area contributed by atoms with Crippen LogP contribution >= 0.6 is 36.2 Å². The molecule has 0 radical (unpaired) electrons. The molecule has 1 rings (SSSR count). The molecule has 6 nitrogen and oxygen atoms in total. The molecule has 0 saturated carbocycles. The van der Waals surface area contributed by atoms with Gasteiger partial charge in [0, 0.05) is 24.9 Å². The van der Waals surface area contributed by atoms with Crippen molar-refractivity contribution >= 4 is 53.1 Å². The van der Waals surface area contributed by atoms with Crippen LogP contribution < -0.4 is 16.4 Å². The summed E-state index contributed by atoms with van der Waals surface area (Å²) in [5, 5.41) is 7.43. The second-order valence-corrected chi connectivity index (χ2v) is 5.61. The standard InChI is InChI=1S/C12H20N4O2S.2ClH/c1-7(2)4-9(5-13)15-11(18)10-6-19-12(16-10)14-8(3)17;;/h6-7,9H,4-5,13H2,1-3H3,(H,15,18)(H,14,16,17);2*1H. The Hall–Kier alpha value is -0.890. The first-order valence-electron chi connectivity index (χ1n) is 6.16. The van der Waals surface area contributed by atoms with E-state index in [1.54, 1.807) is 5.38 Å². The molecule has 0 aliphatic rings. The van der Waals surface area contributed by atoms with Gasteiger partial charge in [-0.15, -0.1) is 36.2 Å². The van der Waals surface area contributed by atoms with Gasteiger partial charge in [0.25, 0.3) is 5.91 Å². The maximum absolute atomic E-state index is 12.0. The van der Waals surface area contributed by atoms with E-state index >= 15 is 0 Å². The Bertz CT molecular complexity index is 454. The Morgan fingerprint density at radius 3 is 2.48 bits per heavy atom. The zero-order valence-corrected chi connectivity index (χ0v) is 14.7. The van der Waals surface area contributed by atoms with Crippen molar-refractivity contribution < 1.29 is 9.59 Å². The van der Waals surface area contributed by atoms with Crippen molar-refractivity contribution in [3.8, 4) is 0 Å². The Labute approximate surface area is 141 Å². The average molecular weight is 357 g/mol. The minimum Gasteiger partial charge on any atom is -0.347 e. The van der Waals surface area contributed by atoms with E-state index in [0.29, 0.717) is 23.3 Å². The van der Waals surface area contributed by atoms with Gasteiger partial charge in [0.2, 0.25) is 5.91 Å². The minimum absolute atomic E-state index is 0. The number of nitrogens with two attached hydrogens (primary N) is 1. The van der Waals surface area contributed by atoms with Gasteiger partial charge in [-0.05, 0) is 12.3 Å². The fourth-order valence-corrected chi connectivity index (χ4v) is 2.37. The van der Waals surface area contributed by atoms with Crippen molar-refractivity contribution in [1.82, 2.24) is 10.3 Å². The van der Waals surface area contributed by atoms with Gasteiger partial charge in [0.05, 0.1) is 0 Å². The van der Waals surface area contributed by atoms with Crippen LogP contribution in [0, 0.1) is 5.92 Å². The van der Waals surface area contributed by atoms with Crippen LogP contribution in [0.25, 0.3) is 0 Å².